The van der Waals surface area contributed by atoms with E-state index in [1.54, 1.807) is 4.40 Å². The number of hydrogen-bond donors (Lipinski definition) is 1. The maximum atomic E-state index is 11.0. The molecule has 0 spiro atoms. The summed E-state index contributed by atoms with van der Waals surface area (Å²) in [7, 11) is 0. The van der Waals surface area contributed by atoms with Gasteiger partial charge in [0.15, 0.2) is 4.96 Å². The van der Waals surface area contributed by atoms with Crippen LogP contribution < -0.4 is 5.32 Å². The number of nitrogens with one attached hydrogen (secondary N) is 1. The minimum absolute atomic E-state index is 0.213. The first kappa shape index (κ1) is 11.2. The van der Waals surface area contributed by atoms with E-state index in [0.29, 0.717) is 4.77 Å². The smallest absolute Gasteiger partial charge is 0.234 e. The van der Waals surface area contributed by atoms with E-state index in [4.69, 9.17) is 12.2 Å². The molecular formula is C11H8N4OS2. The molecule has 0 radical (unpaired) electrons. The molecule has 2 heterocycles. The lowest BCUT2D eigenvalue weighted by Gasteiger charge is -2.00. The van der Waals surface area contributed by atoms with Crippen LogP contribution in [0.25, 0.3) is 15.2 Å². The first-order chi connectivity index (χ1) is 8.65. The minimum Gasteiger partial charge on any atom is -0.295 e. The standard InChI is InChI=1S/C11H8N4OS2/c1-6(16)12-9-13-10(17)15-7-4-2-3-5-8(7)18-11(15)14-9/h2-5H,1H3,(H,12,13,16,17). The molecule has 0 aliphatic carbocycles. The predicted molar refractivity (Wildman–Crippen MR) is 73.5 cm³/mol. The van der Waals surface area contributed by atoms with Gasteiger partial charge in [-0.1, -0.05) is 23.5 Å². The highest BCUT2D eigenvalue weighted by Gasteiger charge is 2.08. The highest BCUT2D eigenvalue weighted by molar-refractivity contribution is 7.71. The van der Waals surface area contributed by atoms with Crippen LogP contribution in [-0.2, 0) is 4.79 Å². The Morgan fingerprint density at radius 1 is 1.39 bits per heavy atom. The second-order valence-corrected chi connectivity index (χ2v) is 5.07. The summed E-state index contributed by atoms with van der Waals surface area (Å²) in [6.07, 6.45) is 0. The summed E-state index contributed by atoms with van der Waals surface area (Å²) in [6.45, 7) is 1.41. The molecule has 3 aromatic rings. The second kappa shape index (κ2) is 4.11. The van der Waals surface area contributed by atoms with E-state index >= 15 is 0 Å². The maximum absolute atomic E-state index is 11.0. The Balaban J connectivity index is 2.35. The zero-order valence-electron chi connectivity index (χ0n) is 9.38. The molecule has 90 valence electrons. The summed E-state index contributed by atoms with van der Waals surface area (Å²) >= 11 is 6.75. The van der Waals surface area contributed by atoms with Gasteiger partial charge in [0.25, 0.3) is 0 Å². The van der Waals surface area contributed by atoms with Crippen LogP contribution in [0.5, 0.6) is 0 Å². The molecule has 0 atom stereocenters. The van der Waals surface area contributed by atoms with E-state index in [1.165, 1.54) is 18.3 Å². The van der Waals surface area contributed by atoms with Crippen LogP contribution in [-0.4, -0.2) is 20.3 Å². The van der Waals surface area contributed by atoms with Gasteiger partial charge in [-0.15, -0.1) is 0 Å². The predicted octanol–water partition coefficient (Wildman–Crippen LogP) is 2.63. The van der Waals surface area contributed by atoms with Crippen molar-refractivity contribution in [2.45, 2.75) is 6.92 Å². The fraction of sp³-hybridized carbons (Fsp3) is 0.0909. The van der Waals surface area contributed by atoms with Crippen LogP contribution in [0.3, 0.4) is 0 Å². The molecule has 2 aromatic heterocycles. The zero-order valence-corrected chi connectivity index (χ0v) is 11.0. The molecule has 18 heavy (non-hydrogen) atoms. The molecule has 0 fully saturated rings. The first-order valence-corrected chi connectivity index (χ1v) is 6.43. The average molecular weight is 276 g/mol. The van der Waals surface area contributed by atoms with Crippen LogP contribution in [0, 0.1) is 4.77 Å². The molecular weight excluding hydrogens is 268 g/mol. The van der Waals surface area contributed by atoms with E-state index in [9.17, 15) is 4.79 Å². The van der Waals surface area contributed by atoms with Gasteiger partial charge >= 0.3 is 0 Å². The van der Waals surface area contributed by atoms with Crippen molar-refractivity contribution >= 4 is 50.6 Å². The van der Waals surface area contributed by atoms with Gasteiger partial charge in [-0.3, -0.25) is 14.5 Å². The maximum Gasteiger partial charge on any atom is 0.234 e. The quantitative estimate of drug-likeness (QED) is 0.694. The van der Waals surface area contributed by atoms with E-state index in [1.807, 2.05) is 24.3 Å². The molecule has 0 saturated heterocycles. The number of para-hydroxylation sites is 1. The molecule has 7 heteroatoms. The molecule has 0 aliphatic rings. The largest absolute Gasteiger partial charge is 0.295 e. The number of fused-ring (bicyclic) bond motifs is 3. The summed E-state index contributed by atoms with van der Waals surface area (Å²) in [6, 6.07) is 7.87. The van der Waals surface area contributed by atoms with Crippen molar-refractivity contribution < 1.29 is 4.79 Å². The van der Waals surface area contributed by atoms with Crippen molar-refractivity contribution in [1.82, 2.24) is 14.4 Å². The zero-order chi connectivity index (χ0) is 12.7. The highest BCUT2D eigenvalue weighted by Crippen LogP contribution is 2.25. The van der Waals surface area contributed by atoms with Crippen molar-refractivity contribution in [2.75, 3.05) is 5.32 Å². The Hall–Kier alpha value is -1.86. The van der Waals surface area contributed by atoms with Crippen LogP contribution in [0.4, 0.5) is 5.95 Å². The lowest BCUT2D eigenvalue weighted by atomic mass is 10.3. The van der Waals surface area contributed by atoms with Gasteiger partial charge in [0.05, 0.1) is 10.2 Å². The molecule has 0 aliphatic heterocycles. The first-order valence-electron chi connectivity index (χ1n) is 5.21. The Bertz CT molecular complexity index is 821. The van der Waals surface area contributed by atoms with Gasteiger partial charge in [-0.2, -0.15) is 9.97 Å². The third kappa shape index (κ3) is 1.77. The van der Waals surface area contributed by atoms with E-state index < -0.39 is 0 Å². The van der Waals surface area contributed by atoms with Gasteiger partial charge < -0.3 is 0 Å². The summed E-state index contributed by atoms with van der Waals surface area (Å²) in [5.41, 5.74) is 0.983. The van der Waals surface area contributed by atoms with Crippen molar-refractivity contribution in [2.24, 2.45) is 0 Å². The third-order valence-electron chi connectivity index (χ3n) is 2.38. The summed E-state index contributed by atoms with van der Waals surface area (Å²) in [5.74, 6) is 0.0360. The Kier molecular flexibility index (Phi) is 2.57. The van der Waals surface area contributed by atoms with Crippen LogP contribution in [0.15, 0.2) is 24.3 Å². The molecule has 1 amide bonds. The lowest BCUT2D eigenvalue weighted by molar-refractivity contribution is -0.114. The summed E-state index contributed by atoms with van der Waals surface area (Å²) < 4.78 is 3.28. The van der Waals surface area contributed by atoms with E-state index in [-0.39, 0.29) is 11.9 Å². The highest BCUT2D eigenvalue weighted by atomic mass is 32.1. The molecule has 5 nitrogen and oxygen atoms in total. The number of nitrogens with zero attached hydrogens (tertiary/aromatic N) is 3. The molecule has 0 unspecified atom stereocenters. The topological polar surface area (TPSA) is 59.3 Å². The second-order valence-electron chi connectivity index (χ2n) is 3.70. The molecule has 0 bridgehead atoms. The molecule has 3 rings (SSSR count). The Labute approximate surface area is 111 Å². The Morgan fingerprint density at radius 3 is 2.94 bits per heavy atom. The molecule has 1 N–H and O–H groups in total. The van der Waals surface area contributed by atoms with Gasteiger partial charge in [-0.25, -0.2) is 0 Å². The third-order valence-corrected chi connectivity index (χ3v) is 3.68. The number of amides is 1. The van der Waals surface area contributed by atoms with Gasteiger partial charge in [0, 0.05) is 6.92 Å². The number of benzene rings is 1. The van der Waals surface area contributed by atoms with E-state index in [0.717, 1.165) is 15.2 Å². The number of carbonyl (C=O) groups is 1. The number of rotatable bonds is 1. The van der Waals surface area contributed by atoms with Crippen molar-refractivity contribution in [3.05, 3.63) is 29.0 Å². The number of thiazole rings is 1. The van der Waals surface area contributed by atoms with Crippen molar-refractivity contribution in [3.63, 3.8) is 0 Å². The monoisotopic (exact) mass is 276 g/mol. The SMILES string of the molecule is CC(=O)Nc1nc(=S)n2c(n1)sc1ccccc12. The number of hydrogen-bond acceptors (Lipinski definition) is 5. The van der Waals surface area contributed by atoms with Crippen LogP contribution in [0.1, 0.15) is 6.92 Å². The number of anilines is 1. The summed E-state index contributed by atoms with van der Waals surface area (Å²) in [4.78, 5) is 20.1. The molecule has 0 saturated carbocycles. The van der Waals surface area contributed by atoms with Crippen molar-refractivity contribution in [3.8, 4) is 0 Å². The summed E-state index contributed by atoms with van der Waals surface area (Å²) in [5, 5.41) is 2.55. The fourth-order valence-corrected chi connectivity index (χ4v) is 3.05. The van der Waals surface area contributed by atoms with Gasteiger partial charge in [0.2, 0.25) is 16.6 Å². The number of aromatic nitrogens is 3. The van der Waals surface area contributed by atoms with Crippen molar-refractivity contribution in [1.29, 1.82) is 0 Å². The normalized spacial score (nSPS) is 10.9. The average Bonchev–Trinajstić information content (AvgIpc) is 2.66. The Morgan fingerprint density at radius 2 is 2.17 bits per heavy atom. The minimum atomic E-state index is -0.213. The van der Waals surface area contributed by atoms with Gasteiger partial charge in [-0.05, 0) is 24.4 Å². The molecule has 1 aromatic carbocycles. The van der Waals surface area contributed by atoms with Gasteiger partial charge in [0.1, 0.15) is 0 Å². The number of carbonyl (C=O) groups excluding carboxylic acids is 1. The van der Waals surface area contributed by atoms with Crippen LogP contribution >= 0.6 is 23.6 Å². The van der Waals surface area contributed by atoms with E-state index in [2.05, 4.69) is 15.3 Å². The fourth-order valence-electron chi connectivity index (χ4n) is 1.70. The van der Waals surface area contributed by atoms with Crippen LogP contribution in [0.2, 0.25) is 0 Å². The lowest BCUT2D eigenvalue weighted by Crippen LogP contribution is -2.10.